The van der Waals surface area contributed by atoms with Crippen LogP contribution >= 0.6 is 0 Å². The van der Waals surface area contributed by atoms with Gasteiger partial charge in [0.2, 0.25) is 0 Å². The van der Waals surface area contributed by atoms with Crippen LogP contribution in [0.4, 0.5) is 0 Å². The van der Waals surface area contributed by atoms with Crippen molar-refractivity contribution in [3.05, 3.63) is 162 Å². The van der Waals surface area contributed by atoms with E-state index in [2.05, 4.69) is 106 Å². The Hall–Kier alpha value is -4.16. The Kier molecular flexibility index (Phi) is 14.8. The first-order valence-corrected chi connectivity index (χ1v) is 22.9. The lowest BCUT2D eigenvalue weighted by Gasteiger charge is -2.51. The standard InChI is InChI=1S/C50H60O8Si/c1-50(2,3)59(41-21-13-7-14-22-41,42-23-15-8-16-24-42)56-32-30-44-43(51)33-46-48(58-44)49(55-36-38-19-11-6-12-20-38)47(54-35-37-17-9-5-10-18-37)45(57-46)29-31-53-34-39-25-27-40(52-4)28-26-39/h5-28,43-49,51H,29-36H2,1-4H3/t43-,44-,45+,46-,47+,48-,49-/m1/s1. The van der Waals surface area contributed by atoms with Gasteiger partial charge in [-0.1, -0.05) is 154 Å². The summed E-state index contributed by atoms with van der Waals surface area (Å²) in [5.41, 5.74) is 3.18. The van der Waals surface area contributed by atoms with Crippen LogP contribution in [0.1, 0.15) is 56.7 Å². The lowest BCUT2D eigenvalue weighted by Crippen LogP contribution is -2.67. The fourth-order valence-corrected chi connectivity index (χ4v) is 13.2. The average molecular weight is 817 g/mol. The monoisotopic (exact) mass is 816 g/mol. The molecule has 2 saturated heterocycles. The van der Waals surface area contributed by atoms with Gasteiger partial charge in [0.05, 0.1) is 51.3 Å². The highest BCUT2D eigenvalue weighted by atomic mass is 28.4. The molecule has 0 unspecified atom stereocenters. The average Bonchev–Trinajstić information content (AvgIpc) is 3.26. The molecule has 2 heterocycles. The van der Waals surface area contributed by atoms with E-state index in [-0.39, 0.29) is 11.1 Å². The summed E-state index contributed by atoms with van der Waals surface area (Å²) in [6.45, 7) is 8.94. The number of aliphatic hydroxyl groups is 1. The van der Waals surface area contributed by atoms with Gasteiger partial charge >= 0.3 is 0 Å². The van der Waals surface area contributed by atoms with E-state index in [1.807, 2.05) is 60.7 Å². The lowest BCUT2D eigenvalue weighted by molar-refractivity contribution is -0.301. The molecule has 2 aliphatic heterocycles. The molecule has 0 aliphatic carbocycles. The molecule has 7 atom stereocenters. The Morgan fingerprint density at radius 2 is 1.10 bits per heavy atom. The summed E-state index contributed by atoms with van der Waals surface area (Å²) in [6.07, 6.45) is -1.90. The van der Waals surface area contributed by atoms with Crippen LogP contribution in [0.2, 0.25) is 5.04 Å². The van der Waals surface area contributed by atoms with Crippen LogP contribution < -0.4 is 15.1 Å². The van der Waals surface area contributed by atoms with Gasteiger partial charge in [-0.2, -0.15) is 0 Å². The fraction of sp³-hybridized carbons (Fsp3) is 0.400. The molecule has 0 bridgehead atoms. The topological polar surface area (TPSA) is 84.8 Å². The predicted molar refractivity (Wildman–Crippen MR) is 233 cm³/mol. The third kappa shape index (κ3) is 10.6. The van der Waals surface area contributed by atoms with Gasteiger partial charge < -0.3 is 38.0 Å². The molecule has 5 aromatic carbocycles. The van der Waals surface area contributed by atoms with Gasteiger partial charge in [-0.15, -0.1) is 0 Å². The second-order valence-electron chi connectivity index (χ2n) is 16.7. The highest BCUT2D eigenvalue weighted by Gasteiger charge is 2.53. The normalized spacial score (nSPS) is 23.4. The predicted octanol–water partition coefficient (Wildman–Crippen LogP) is 8.03. The summed E-state index contributed by atoms with van der Waals surface area (Å²) < 4.78 is 46.3. The number of fused-ring (bicyclic) bond motifs is 1. The van der Waals surface area contributed by atoms with Crippen molar-refractivity contribution in [3.63, 3.8) is 0 Å². The van der Waals surface area contributed by atoms with Crippen molar-refractivity contribution >= 4 is 18.7 Å². The van der Waals surface area contributed by atoms with Crippen LogP contribution in [0.15, 0.2) is 146 Å². The molecule has 2 aliphatic rings. The number of rotatable bonds is 18. The van der Waals surface area contributed by atoms with Crippen LogP contribution in [0.3, 0.4) is 0 Å². The number of hydrogen-bond donors (Lipinski definition) is 1. The van der Waals surface area contributed by atoms with Crippen molar-refractivity contribution in [1.29, 1.82) is 0 Å². The second kappa shape index (κ2) is 20.4. The molecule has 0 saturated carbocycles. The summed E-state index contributed by atoms with van der Waals surface area (Å²) >= 11 is 0. The number of aliphatic hydroxyl groups excluding tert-OH is 1. The fourth-order valence-electron chi connectivity index (χ4n) is 8.65. The molecule has 0 spiro atoms. The van der Waals surface area contributed by atoms with Crippen LogP contribution in [-0.4, -0.2) is 76.5 Å². The first-order chi connectivity index (χ1) is 28.7. The van der Waals surface area contributed by atoms with E-state index in [4.69, 9.17) is 32.8 Å². The summed E-state index contributed by atoms with van der Waals surface area (Å²) in [4.78, 5) is 0. The maximum absolute atomic E-state index is 11.8. The van der Waals surface area contributed by atoms with E-state index >= 15 is 0 Å². The number of benzene rings is 5. The summed E-state index contributed by atoms with van der Waals surface area (Å²) in [5.74, 6) is 0.810. The van der Waals surface area contributed by atoms with E-state index in [9.17, 15) is 5.11 Å². The van der Waals surface area contributed by atoms with Crippen molar-refractivity contribution in [2.45, 2.75) is 108 Å². The molecule has 312 valence electrons. The van der Waals surface area contributed by atoms with Crippen molar-refractivity contribution in [1.82, 2.24) is 0 Å². The maximum atomic E-state index is 11.8. The molecule has 0 amide bonds. The van der Waals surface area contributed by atoms with Gasteiger partial charge in [-0.3, -0.25) is 0 Å². The zero-order valence-corrected chi connectivity index (χ0v) is 35.9. The van der Waals surface area contributed by atoms with E-state index in [0.29, 0.717) is 52.3 Å². The minimum Gasteiger partial charge on any atom is -0.497 e. The van der Waals surface area contributed by atoms with Gasteiger partial charge in [0, 0.05) is 19.6 Å². The van der Waals surface area contributed by atoms with E-state index in [0.717, 1.165) is 22.4 Å². The third-order valence-electron chi connectivity index (χ3n) is 11.6. The Morgan fingerprint density at radius 1 is 0.593 bits per heavy atom. The van der Waals surface area contributed by atoms with Crippen molar-refractivity contribution in [3.8, 4) is 5.75 Å². The molecule has 0 radical (unpaired) electrons. The van der Waals surface area contributed by atoms with E-state index < -0.39 is 44.9 Å². The molecule has 5 aromatic rings. The van der Waals surface area contributed by atoms with Crippen LogP contribution in [0, 0.1) is 0 Å². The second-order valence-corrected chi connectivity index (χ2v) is 21.0. The first-order valence-electron chi connectivity index (χ1n) is 21.0. The number of ether oxygens (including phenoxy) is 6. The van der Waals surface area contributed by atoms with Crippen LogP contribution in [-0.2, 0) is 47.9 Å². The van der Waals surface area contributed by atoms with Crippen LogP contribution in [0.25, 0.3) is 0 Å². The summed E-state index contributed by atoms with van der Waals surface area (Å²) in [6, 6.07) is 49.5. The Labute approximate surface area is 351 Å². The first kappa shape index (κ1) is 42.9. The minimum absolute atomic E-state index is 0.170. The van der Waals surface area contributed by atoms with Gasteiger partial charge in [0.1, 0.15) is 24.1 Å². The Bertz CT molecular complexity index is 1920. The van der Waals surface area contributed by atoms with Crippen LogP contribution in [0.5, 0.6) is 5.75 Å². The molecule has 59 heavy (non-hydrogen) atoms. The molecule has 7 rings (SSSR count). The Morgan fingerprint density at radius 3 is 1.64 bits per heavy atom. The maximum Gasteiger partial charge on any atom is 0.261 e. The SMILES string of the molecule is COc1ccc(COCC[C@@H]2O[C@@H]3C[C@@H](O)[C@@H](CCO[Si](c4ccccc4)(c4ccccc4)C(C)(C)C)O[C@H]3[C@H](OCc3ccccc3)[C@H]2OCc2ccccc2)cc1. The minimum atomic E-state index is -2.78. The number of hydrogen-bond acceptors (Lipinski definition) is 8. The summed E-state index contributed by atoms with van der Waals surface area (Å²) in [7, 11) is -1.12. The van der Waals surface area contributed by atoms with E-state index in [1.54, 1.807) is 7.11 Å². The van der Waals surface area contributed by atoms with Crippen molar-refractivity contribution in [2.24, 2.45) is 0 Å². The van der Waals surface area contributed by atoms with Gasteiger partial charge in [0.25, 0.3) is 8.32 Å². The largest absolute Gasteiger partial charge is 0.497 e. The molecular weight excluding hydrogens is 757 g/mol. The van der Waals surface area contributed by atoms with Crippen molar-refractivity contribution in [2.75, 3.05) is 20.3 Å². The van der Waals surface area contributed by atoms with E-state index in [1.165, 1.54) is 10.4 Å². The molecule has 2 fully saturated rings. The Balaban J connectivity index is 1.11. The molecule has 0 aromatic heterocycles. The summed E-state index contributed by atoms with van der Waals surface area (Å²) in [5, 5.41) is 14.0. The zero-order valence-electron chi connectivity index (χ0n) is 34.9. The smallest absolute Gasteiger partial charge is 0.261 e. The third-order valence-corrected chi connectivity index (χ3v) is 16.7. The van der Waals surface area contributed by atoms with Crippen molar-refractivity contribution < 1.29 is 38.0 Å². The molecule has 1 N–H and O–H groups in total. The van der Waals surface area contributed by atoms with Gasteiger partial charge in [-0.05, 0) is 57.1 Å². The quantitative estimate of drug-likeness (QED) is 0.0704. The highest BCUT2D eigenvalue weighted by molar-refractivity contribution is 6.99. The zero-order chi connectivity index (χ0) is 41.1. The number of methoxy groups -OCH3 is 1. The lowest BCUT2D eigenvalue weighted by atomic mass is 9.86. The van der Waals surface area contributed by atoms with Gasteiger partial charge in [-0.25, -0.2) is 0 Å². The highest BCUT2D eigenvalue weighted by Crippen LogP contribution is 2.39. The molecule has 9 heteroatoms. The molecule has 8 nitrogen and oxygen atoms in total. The van der Waals surface area contributed by atoms with Gasteiger partial charge in [0.15, 0.2) is 0 Å². The molecular formula is C50H60O8Si.